The average molecular weight is 417 g/mol. The molecule has 2 rings (SSSR count). The van der Waals surface area contributed by atoms with E-state index >= 15 is 0 Å². The van der Waals surface area contributed by atoms with Crippen molar-refractivity contribution < 1.29 is 4.74 Å². The molecule has 0 saturated heterocycles. The maximum absolute atomic E-state index is 5.93. The molecule has 0 saturated carbocycles. The number of ether oxygens (including phenoxy) is 1. The van der Waals surface area contributed by atoms with E-state index in [9.17, 15) is 0 Å². The van der Waals surface area contributed by atoms with Crippen LogP contribution in [0.3, 0.4) is 0 Å². The van der Waals surface area contributed by atoms with E-state index in [1.165, 1.54) is 6.20 Å². The van der Waals surface area contributed by atoms with E-state index in [0.29, 0.717) is 29.1 Å². The molecule has 1 aliphatic rings. The fraction of sp³-hybridized carbons (Fsp3) is 0.455. The van der Waals surface area contributed by atoms with Gasteiger partial charge in [0.05, 0.1) is 11.6 Å². The van der Waals surface area contributed by atoms with Crippen molar-refractivity contribution in [2.24, 2.45) is 4.99 Å². The summed E-state index contributed by atoms with van der Waals surface area (Å²) in [6.07, 6.45) is 2.58. The van der Waals surface area contributed by atoms with Crippen molar-refractivity contribution in [3.05, 3.63) is 22.3 Å². The molecule has 0 fully saturated rings. The van der Waals surface area contributed by atoms with Crippen molar-refractivity contribution in [1.29, 1.82) is 0 Å². The van der Waals surface area contributed by atoms with Crippen LogP contribution < -0.4 is 15.4 Å². The maximum atomic E-state index is 5.93. The second kappa shape index (κ2) is 8.65. The molecule has 5 nitrogen and oxygen atoms in total. The van der Waals surface area contributed by atoms with Crippen LogP contribution in [0.5, 0.6) is 5.88 Å². The smallest absolute Gasteiger partial charge is 0.232 e. The summed E-state index contributed by atoms with van der Waals surface area (Å²) in [5, 5.41) is 7.20. The first-order valence-electron chi connectivity index (χ1n) is 5.72. The van der Waals surface area contributed by atoms with Crippen LogP contribution in [-0.4, -0.2) is 37.2 Å². The van der Waals surface area contributed by atoms with E-state index in [-0.39, 0.29) is 24.0 Å². The van der Waals surface area contributed by atoms with Gasteiger partial charge in [-0.05, 0) is 12.5 Å². The van der Waals surface area contributed by atoms with Gasteiger partial charge in [0.1, 0.15) is 11.6 Å². The highest BCUT2D eigenvalue weighted by Crippen LogP contribution is 2.24. The minimum absolute atomic E-state index is 0. The van der Waals surface area contributed by atoms with Gasteiger partial charge in [-0.15, -0.1) is 24.0 Å². The number of aliphatic imine (C=N–C) groups is 1. The monoisotopic (exact) mass is 416 g/mol. The second-order valence-corrected chi connectivity index (χ2v) is 4.57. The summed E-state index contributed by atoms with van der Waals surface area (Å²) in [7, 11) is 0. The molecular weight excluding hydrogens is 402 g/mol. The summed E-state index contributed by atoms with van der Waals surface area (Å²) >= 11 is 11.7. The van der Waals surface area contributed by atoms with Crippen LogP contribution in [0, 0.1) is 0 Å². The minimum Gasteiger partial charge on any atom is -0.475 e. The molecule has 8 heteroatoms. The van der Waals surface area contributed by atoms with Gasteiger partial charge in [0, 0.05) is 19.3 Å². The van der Waals surface area contributed by atoms with E-state index in [2.05, 4.69) is 20.6 Å². The molecule has 0 atom stereocenters. The first-order chi connectivity index (χ1) is 8.75. The fourth-order valence-corrected chi connectivity index (χ4v) is 1.91. The van der Waals surface area contributed by atoms with Crippen molar-refractivity contribution >= 4 is 53.1 Å². The van der Waals surface area contributed by atoms with Gasteiger partial charge < -0.3 is 15.4 Å². The van der Waals surface area contributed by atoms with E-state index in [4.69, 9.17) is 27.9 Å². The average Bonchev–Trinajstić information content (AvgIpc) is 2.38. The van der Waals surface area contributed by atoms with Crippen LogP contribution >= 0.6 is 47.2 Å². The molecule has 0 unspecified atom stereocenters. The quantitative estimate of drug-likeness (QED) is 0.584. The van der Waals surface area contributed by atoms with Gasteiger partial charge in [-0.3, -0.25) is 4.99 Å². The van der Waals surface area contributed by atoms with Crippen molar-refractivity contribution in [2.45, 2.75) is 6.42 Å². The standard InChI is InChI=1S/C11H14Cl2N4O.HI/c12-8-6-9(13)10(17-7-8)18-5-4-16-11-14-2-1-3-15-11;/h6-7H,1-5H2,(H2,14,15,16);1H. The second-order valence-electron chi connectivity index (χ2n) is 3.73. The summed E-state index contributed by atoms with van der Waals surface area (Å²) in [4.78, 5) is 8.29. The third-order valence-electron chi connectivity index (χ3n) is 2.30. The molecule has 0 radical (unpaired) electrons. The van der Waals surface area contributed by atoms with Gasteiger partial charge >= 0.3 is 0 Å². The number of hydrogen-bond donors (Lipinski definition) is 2. The number of nitrogens with zero attached hydrogens (tertiary/aromatic N) is 2. The lowest BCUT2D eigenvalue weighted by Gasteiger charge is -2.16. The first kappa shape index (κ1) is 16.6. The van der Waals surface area contributed by atoms with Crippen LogP contribution in [0.25, 0.3) is 0 Å². The number of aromatic nitrogens is 1. The largest absolute Gasteiger partial charge is 0.475 e. The molecule has 2 N–H and O–H groups in total. The van der Waals surface area contributed by atoms with Crippen LogP contribution in [0.2, 0.25) is 10.0 Å². The number of rotatable bonds is 4. The number of hydrogen-bond acceptors (Lipinski definition) is 5. The van der Waals surface area contributed by atoms with Crippen molar-refractivity contribution in [3.63, 3.8) is 0 Å². The van der Waals surface area contributed by atoms with E-state index in [1.807, 2.05) is 0 Å². The van der Waals surface area contributed by atoms with Crippen LogP contribution in [-0.2, 0) is 0 Å². The van der Waals surface area contributed by atoms with Crippen LogP contribution in [0.4, 0.5) is 0 Å². The predicted molar refractivity (Wildman–Crippen MR) is 88.1 cm³/mol. The zero-order valence-corrected chi connectivity index (χ0v) is 14.0. The van der Waals surface area contributed by atoms with E-state index in [1.54, 1.807) is 6.07 Å². The Morgan fingerprint density at radius 2 is 2.26 bits per heavy atom. The first-order valence-corrected chi connectivity index (χ1v) is 6.47. The molecule has 106 valence electrons. The molecular formula is C11H15Cl2IN4O. The fourth-order valence-electron chi connectivity index (χ4n) is 1.48. The SMILES string of the molecule is Clc1cnc(OCCNC2=NCCCN2)c(Cl)c1.I. The Kier molecular flexibility index (Phi) is 7.55. The summed E-state index contributed by atoms with van der Waals surface area (Å²) in [6, 6.07) is 1.60. The molecule has 0 aromatic carbocycles. The van der Waals surface area contributed by atoms with Crippen molar-refractivity contribution in [2.75, 3.05) is 26.2 Å². The van der Waals surface area contributed by atoms with Gasteiger partial charge in [0.25, 0.3) is 0 Å². The lowest BCUT2D eigenvalue weighted by Crippen LogP contribution is -2.42. The molecule has 1 aromatic rings. The molecule has 0 aliphatic carbocycles. The van der Waals surface area contributed by atoms with Crippen molar-refractivity contribution in [3.8, 4) is 5.88 Å². The van der Waals surface area contributed by atoms with Gasteiger partial charge in [-0.1, -0.05) is 23.2 Å². The number of pyridine rings is 1. The molecule has 0 bridgehead atoms. The number of halogens is 3. The van der Waals surface area contributed by atoms with Crippen LogP contribution in [0.1, 0.15) is 6.42 Å². The van der Waals surface area contributed by atoms with Crippen LogP contribution in [0.15, 0.2) is 17.3 Å². The zero-order chi connectivity index (χ0) is 12.8. The Morgan fingerprint density at radius 1 is 1.42 bits per heavy atom. The Morgan fingerprint density at radius 3 is 2.95 bits per heavy atom. The Bertz CT molecular complexity index is 445. The molecule has 1 aromatic heterocycles. The Labute approximate surface area is 139 Å². The zero-order valence-electron chi connectivity index (χ0n) is 10.2. The third-order valence-corrected chi connectivity index (χ3v) is 2.78. The molecule has 1 aliphatic heterocycles. The number of guanidine groups is 1. The maximum Gasteiger partial charge on any atom is 0.232 e. The van der Waals surface area contributed by atoms with Crippen molar-refractivity contribution in [1.82, 2.24) is 15.6 Å². The number of nitrogens with one attached hydrogen (secondary N) is 2. The predicted octanol–water partition coefficient (Wildman–Crippen LogP) is 2.32. The highest BCUT2D eigenvalue weighted by atomic mass is 127. The topological polar surface area (TPSA) is 58.5 Å². The lowest BCUT2D eigenvalue weighted by atomic mass is 10.4. The van der Waals surface area contributed by atoms with Gasteiger partial charge in [-0.25, -0.2) is 4.98 Å². The molecule has 0 spiro atoms. The van der Waals surface area contributed by atoms with Gasteiger partial charge in [0.2, 0.25) is 5.88 Å². The normalized spacial score (nSPS) is 13.9. The van der Waals surface area contributed by atoms with E-state index < -0.39 is 0 Å². The summed E-state index contributed by atoms with van der Waals surface area (Å²) in [5.74, 6) is 1.21. The molecule has 2 heterocycles. The van der Waals surface area contributed by atoms with Gasteiger partial charge in [0.15, 0.2) is 5.96 Å². The molecule has 0 amide bonds. The summed E-state index contributed by atoms with van der Waals surface area (Å²) < 4.78 is 5.44. The third kappa shape index (κ3) is 5.58. The summed E-state index contributed by atoms with van der Waals surface area (Å²) in [5.41, 5.74) is 0. The lowest BCUT2D eigenvalue weighted by molar-refractivity contribution is 0.310. The summed E-state index contributed by atoms with van der Waals surface area (Å²) in [6.45, 7) is 2.90. The van der Waals surface area contributed by atoms with Gasteiger partial charge in [-0.2, -0.15) is 0 Å². The minimum atomic E-state index is 0. The highest BCUT2D eigenvalue weighted by molar-refractivity contribution is 14.0. The molecule has 19 heavy (non-hydrogen) atoms. The van der Waals surface area contributed by atoms with E-state index in [0.717, 1.165) is 25.5 Å². The Balaban J connectivity index is 0.00000180. The Hall–Kier alpha value is -0.470. The highest BCUT2D eigenvalue weighted by Gasteiger charge is 2.05.